The number of methoxy groups -OCH3 is 1. The summed E-state index contributed by atoms with van der Waals surface area (Å²) in [5.74, 6) is 0.304. The van der Waals surface area contributed by atoms with Crippen molar-refractivity contribution in [1.82, 2.24) is 0 Å². The second-order valence-electron chi connectivity index (χ2n) is 3.56. The van der Waals surface area contributed by atoms with Gasteiger partial charge in [0.15, 0.2) is 0 Å². The number of hydrogen-bond acceptors (Lipinski definition) is 4. The van der Waals surface area contributed by atoms with Crippen molar-refractivity contribution >= 4 is 19.7 Å². The van der Waals surface area contributed by atoms with Crippen LogP contribution in [0.25, 0.3) is 0 Å². The van der Waals surface area contributed by atoms with Gasteiger partial charge in [0.25, 0.3) is 0 Å². The van der Waals surface area contributed by atoms with Crippen molar-refractivity contribution in [2.75, 3.05) is 7.11 Å². The molecule has 0 N–H and O–H groups in total. The lowest BCUT2D eigenvalue weighted by Gasteiger charge is -2.11. The van der Waals surface area contributed by atoms with Gasteiger partial charge in [-0.05, 0) is 17.2 Å². The summed E-state index contributed by atoms with van der Waals surface area (Å²) in [6, 6.07) is 3.62. The van der Waals surface area contributed by atoms with Gasteiger partial charge >= 0.3 is 0 Å². The van der Waals surface area contributed by atoms with Crippen LogP contribution in [0.5, 0.6) is 5.75 Å². The van der Waals surface area contributed by atoms with E-state index >= 15 is 0 Å². The number of fused-ring (bicyclic) bond motifs is 1. The lowest BCUT2D eigenvalue weighted by Crippen LogP contribution is -2.03. The quantitative estimate of drug-likeness (QED) is 0.780. The van der Waals surface area contributed by atoms with Crippen LogP contribution in [0, 0.1) is 0 Å². The number of ether oxygens (including phenoxy) is 2. The van der Waals surface area contributed by atoms with E-state index in [0.717, 1.165) is 11.1 Å². The minimum atomic E-state index is -3.59. The molecule has 1 heterocycles. The predicted octanol–water partition coefficient (Wildman–Crippen LogP) is 1.79. The van der Waals surface area contributed by atoms with Gasteiger partial charge in [-0.3, -0.25) is 0 Å². The molecule has 1 aromatic rings. The van der Waals surface area contributed by atoms with E-state index in [9.17, 15) is 8.42 Å². The van der Waals surface area contributed by atoms with E-state index in [1.54, 1.807) is 6.07 Å². The Bertz CT molecular complexity index is 510. The van der Waals surface area contributed by atoms with Crippen LogP contribution in [0.2, 0.25) is 0 Å². The molecule has 1 aromatic carbocycles. The van der Waals surface area contributed by atoms with E-state index < -0.39 is 9.05 Å². The van der Waals surface area contributed by atoms with E-state index in [1.165, 1.54) is 7.11 Å². The molecule has 0 aliphatic carbocycles. The van der Waals surface area contributed by atoms with Gasteiger partial charge < -0.3 is 9.47 Å². The standard InChI is InChI=1S/C10H11ClO4S/c1-14-10-3-2-7-4-15-5-8(7)9(10)6-16(11,12)13/h2-3H,4-6H2,1H3. The van der Waals surface area contributed by atoms with Gasteiger partial charge in [0.1, 0.15) is 5.75 Å². The minimum absolute atomic E-state index is 0.232. The molecule has 1 aliphatic heterocycles. The van der Waals surface area contributed by atoms with Gasteiger partial charge in [0, 0.05) is 16.2 Å². The summed E-state index contributed by atoms with van der Waals surface area (Å²) in [5, 5.41) is 0. The number of benzene rings is 1. The van der Waals surface area contributed by atoms with E-state index in [0.29, 0.717) is 24.5 Å². The zero-order chi connectivity index (χ0) is 11.8. The molecule has 0 aromatic heterocycles. The number of rotatable bonds is 3. The molecule has 16 heavy (non-hydrogen) atoms. The monoisotopic (exact) mass is 262 g/mol. The van der Waals surface area contributed by atoms with Crippen molar-refractivity contribution in [3.8, 4) is 5.75 Å². The van der Waals surface area contributed by atoms with Gasteiger partial charge in [-0.1, -0.05) is 6.07 Å². The molecule has 0 amide bonds. The average molecular weight is 263 g/mol. The maximum atomic E-state index is 11.1. The topological polar surface area (TPSA) is 52.6 Å². The highest BCUT2D eigenvalue weighted by molar-refractivity contribution is 8.13. The molecule has 0 radical (unpaired) electrons. The first kappa shape index (κ1) is 11.7. The highest BCUT2D eigenvalue weighted by atomic mass is 35.7. The Labute approximate surface area is 98.5 Å². The van der Waals surface area contributed by atoms with Gasteiger partial charge in [-0.25, -0.2) is 8.42 Å². The van der Waals surface area contributed by atoms with Crippen molar-refractivity contribution in [2.45, 2.75) is 19.0 Å². The third-order valence-corrected chi connectivity index (χ3v) is 3.49. The second kappa shape index (κ2) is 4.24. The van der Waals surface area contributed by atoms with Crippen molar-refractivity contribution in [3.63, 3.8) is 0 Å². The smallest absolute Gasteiger partial charge is 0.236 e. The molecule has 0 unspecified atom stereocenters. The molecular formula is C10H11ClO4S. The van der Waals surface area contributed by atoms with Crippen molar-refractivity contribution in [1.29, 1.82) is 0 Å². The Kier molecular flexibility index (Phi) is 3.10. The highest BCUT2D eigenvalue weighted by Gasteiger charge is 2.22. The summed E-state index contributed by atoms with van der Waals surface area (Å²) >= 11 is 0. The Hall–Kier alpha value is -0.780. The fourth-order valence-corrected chi connectivity index (χ4v) is 2.81. The number of halogens is 1. The van der Waals surface area contributed by atoms with Crippen LogP contribution in [0.3, 0.4) is 0 Å². The lowest BCUT2D eigenvalue weighted by atomic mass is 10.0. The van der Waals surface area contributed by atoms with Gasteiger partial charge in [-0.2, -0.15) is 0 Å². The van der Waals surface area contributed by atoms with E-state index in [-0.39, 0.29) is 5.75 Å². The fourth-order valence-electron chi connectivity index (χ4n) is 1.82. The largest absolute Gasteiger partial charge is 0.496 e. The molecular weight excluding hydrogens is 252 g/mol. The van der Waals surface area contributed by atoms with Gasteiger partial charge in [-0.15, -0.1) is 0 Å². The summed E-state index contributed by atoms with van der Waals surface area (Å²) in [4.78, 5) is 0. The summed E-state index contributed by atoms with van der Waals surface area (Å²) in [6.07, 6.45) is 0. The van der Waals surface area contributed by atoms with Crippen LogP contribution in [0.4, 0.5) is 0 Å². The van der Waals surface area contributed by atoms with Crippen LogP contribution in [0.15, 0.2) is 12.1 Å². The summed E-state index contributed by atoms with van der Waals surface area (Å²) < 4.78 is 32.7. The fraction of sp³-hybridized carbons (Fsp3) is 0.400. The molecule has 88 valence electrons. The molecule has 0 fully saturated rings. The van der Waals surface area contributed by atoms with Crippen LogP contribution in [0.1, 0.15) is 16.7 Å². The Morgan fingerprint density at radius 2 is 2.19 bits per heavy atom. The average Bonchev–Trinajstić information content (AvgIpc) is 2.64. The maximum Gasteiger partial charge on any atom is 0.236 e. The molecule has 0 saturated carbocycles. The van der Waals surface area contributed by atoms with Crippen LogP contribution in [-0.4, -0.2) is 15.5 Å². The van der Waals surface area contributed by atoms with E-state index in [1.807, 2.05) is 6.07 Å². The number of hydrogen-bond donors (Lipinski definition) is 0. The Balaban J connectivity index is 2.52. The first-order valence-electron chi connectivity index (χ1n) is 4.69. The first-order chi connectivity index (χ1) is 7.51. The van der Waals surface area contributed by atoms with Crippen LogP contribution < -0.4 is 4.74 Å². The lowest BCUT2D eigenvalue weighted by molar-refractivity contribution is 0.134. The summed E-state index contributed by atoms with van der Waals surface area (Å²) in [6.45, 7) is 0.920. The SMILES string of the molecule is COc1ccc2c(c1CS(=O)(=O)Cl)COC2. The normalized spacial score (nSPS) is 14.9. The van der Waals surface area contributed by atoms with Crippen LogP contribution >= 0.6 is 10.7 Å². The molecule has 6 heteroatoms. The van der Waals surface area contributed by atoms with Gasteiger partial charge in [0.2, 0.25) is 9.05 Å². The molecule has 1 aliphatic rings. The van der Waals surface area contributed by atoms with Crippen molar-refractivity contribution in [3.05, 3.63) is 28.8 Å². The predicted molar refractivity (Wildman–Crippen MR) is 60.0 cm³/mol. The van der Waals surface area contributed by atoms with Gasteiger partial charge in [0.05, 0.1) is 26.1 Å². The third kappa shape index (κ3) is 2.31. The zero-order valence-electron chi connectivity index (χ0n) is 8.70. The maximum absolute atomic E-state index is 11.1. The summed E-state index contributed by atoms with van der Waals surface area (Å²) in [5.41, 5.74) is 2.48. The molecule has 0 bridgehead atoms. The van der Waals surface area contributed by atoms with Crippen molar-refractivity contribution < 1.29 is 17.9 Å². The molecule has 2 rings (SSSR count). The Morgan fingerprint density at radius 3 is 2.81 bits per heavy atom. The highest BCUT2D eigenvalue weighted by Crippen LogP contribution is 2.32. The third-order valence-electron chi connectivity index (χ3n) is 2.53. The minimum Gasteiger partial charge on any atom is -0.496 e. The summed E-state index contributed by atoms with van der Waals surface area (Å²) in [7, 11) is 3.18. The second-order valence-corrected chi connectivity index (χ2v) is 6.34. The Morgan fingerprint density at radius 1 is 1.44 bits per heavy atom. The molecule has 0 atom stereocenters. The molecule has 0 spiro atoms. The molecule has 0 saturated heterocycles. The zero-order valence-corrected chi connectivity index (χ0v) is 10.3. The van der Waals surface area contributed by atoms with E-state index in [4.69, 9.17) is 20.2 Å². The van der Waals surface area contributed by atoms with E-state index in [2.05, 4.69) is 0 Å². The first-order valence-corrected chi connectivity index (χ1v) is 7.17. The van der Waals surface area contributed by atoms with Crippen LogP contribution in [-0.2, 0) is 32.8 Å². The van der Waals surface area contributed by atoms with Crippen molar-refractivity contribution in [2.24, 2.45) is 0 Å². The molecule has 4 nitrogen and oxygen atoms in total.